The van der Waals surface area contributed by atoms with E-state index in [9.17, 15) is 4.79 Å². The van der Waals surface area contributed by atoms with Gasteiger partial charge in [-0.15, -0.1) is 0 Å². The van der Waals surface area contributed by atoms with E-state index in [0.29, 0.717) is 143 Å². The van der Waals surface area contributed by atoms with Crippen LogP contribution >= 0.6 is 0 Å². The third kappa shape index (κ3) is 38.6. The summed E-state index contributed by atoms with van der Waals surface area (Å²) in [6.45, 7) is 13.5. The summed E-state index contributed by atoms with van der Waals surface area (Å²) in [5, 5.41) is 0. The van der Waals surface area contributed by atoms with Gasteiger partial charge in [-0.05, 0) is 30.7 Å². The molecule has 0 radical (unpaired) electrons. The van der Waals surface area contributed by atoms with E-state index >= 15 is 0 Å². The molecule has 0 spiro atoms. The highest BCUT2D eigenvalue weighted by molar-refractivity contribution is 5.74. The average molecular weight is 773 g/mol. The fourth-order valence-electron chi connectivity index (χ4n) is 5.16. The van der Waals surface area contributed by atoms with Crippen molar-refractivity contribution in [2.24, 2.45) is 0 Å². The van der Waals surface area contributed by atoms with Crippen LogP contribution in [0.5, 0.6) is 5.75 Å². The Balaban J connectivity index is 1.61. The highest BCUT2D eigenvalue weighted by Crippen LogP contribution is 2.13. The minimum atomic E-state index is 0.434. The fraction of sp³-hybridized carbons (Fsp3) is 0.833. The Hall–Kier alpha value is -1.71. The summed E-state index contributed by atoms with van der Waals surface area (Å²) in [5.41, 5.74) is 0.621. The molecule has 0 fully saturated rings. The zero-order valence-corrected chi connectivity index (χ0v) is 33.8. The lowest BCUT2D eigenvalue weighted by molar-refractivity contribution is -0.0267. The topological polar surface area (TPSA) is 119 Å². The minimum Gasteiger partial charge on any atom is -0.491 e. The lowest BCUT2D eigenvalue weighted by Gasteiger charge is -2.09. The van der Waals surface area contributed by atoms with Crippen LogP contribution in [0.25, 0.3) is 0 Å². The molecular formula is C42H76O12. The van der Waals surface area contributed by atoms with Gasteiger partial charge in [0.2, 0.25) is 0 Å². The zero-order chi connectivity index (χ0) is 38.5. The van der Waals surface area contributed by atoms with Gasteiger partial charge in [0.05, 0.1) is 126 Å². The Morgan fingerprint density at radius 2 is 0.593 bits per heavy atom. The standard InChI is InChI=1S/C42H76O12/c1-2-3-4-5-6-7-8-9-10-11-12-13-14-19-44-20-21-45-22-23-46-24-25-47-26-27-48-28-29-49-30-31-50-32-33-51-34-35-52-36-37-53-38-39-54-42-17-15-41(40-43)16-18-42/h15-18,40H,2-14,19-39H2,1H3. The molecule has 0 heterocycles. The zero-order valence-electron chi connectivity index (χ0n) is 33.8. The summed E-state index contributed by atoms with van der Waals surface area (Å²) in [6, 6.07) is 6.95. The van der Waals surface area contributed by atoms with E-state index in [1.54, 1.807) is 24.3 Å². The van der Waals surface area contributed by atoms with Crippen LogP contribution < -0.4 is 4.74 Å². The molecule has 1 aromatic rings. The number of rotatable bonds is 46. The number of benzene rings is 1. The molecule has 0 saturated heterocycles. The lowest BCUT2D eigenvalue weighted by Crippen LogP contribution is -2.15. The lowest BCUT2D eigenvalue weighted by atomic mass is 10.0. The van der Waals surface area contributed by atoms with Gasteiger partial charge in [-0.3, -0.25) is 4.79 Å². The molecule has 316 valence electrons. The SMILES string of the molecule is CCCCCCCCCCCCCCCOCCOCCOCCOCCOCCOCCOCCOCCOCCOCCOc1ccc(C=O)cc1. The van der Waals surface area contributed by atoms with Crippen LogP contribution in [0.2, 0.25) is 0 Å². The third-order valence-corrected chi connectivity index (χ3v) is 8.25. The first-order chi connectivity index (χ1) is 26.9. The summed E-state index contributed by atoms with van der Waals surface area (Å²) >= 11 is 0. The van der Waals surface area contributed by atoms with Crippen LogP contribution in [-0.2, 0) is 47.4 Å². The van der Waals surface area contributed by atoms with Crippen molar-refractivity contribution in [1.82, 2.24) is 0 Å². The number of ether oxygens (including phenoxy) is 11. The van der Waals surface area contributed by atoms with Gasteiger partial charge in [0, 0.05) is 12.2 Å². The van der Waals surface area contributed by atoms with Crippen molar-refractivity contribution >= 4 is 6.29 Å². The first kappa shape index (κ1) is 50.3. The van der Waals surface area contributed by atoms with Crippen LogP contribution in [-0.4, -0.2) is 145 Å². The third-order valence-electron chi connectivity index (χ3n) is 8.25. The normalized spacial score (nSPS) is 11.4. The van der Waals surface area contributed by atoms with Gasteiger partial charge in [-0.1, -0.05) is 84.0 Å². The molecule has 0 aliphatic heterocycles. The number of carbonyl (C=O) groups is 1. The second kappa shape index (κ2) is 44.0. The molecular weight excluding hydrogens is 696 g/mol. The van der Waals surface area contributed by atoms with E-state index < -0.39 is 0 Å². The molecule has 54 heavy (non-hydrogen) atoms. The maximum absolute atomic E-state index is 10.7. The van der Waals surface area contributed by atoms with E-state index in [1.807, 2.05) is 0 Å². The predicted octanol–water partition coefficient (Wildman–Crippen LogP) is 7.14. The summed E-state index contributed by atoms with van der Waals surface area (Å²) in [6.07, 6.45) is 18.6. The minimum absolute atomic E-state index is 0.434. The molecule has 0 unspecified atom stereocenters. The van der Waals surface area contributed by atoms with Gasteiger partial charge in [-0.25, -0.2) is 0 Å². The van der Waals surface area contributed by atoms with Gasteiger partial charge >= 0.3 is 0 Å². The van der Waals surface area contributed by atoms with Gasteiger partial charge < -0.3 is 52.1 Å². The number of aldehydes is 1. The number of carbonyl (C=O) groups excluding carboxylic acids is 1. The molecule has 0 aliphatic rings. The van der Waals surface area contributed by atoms with Crippen molar-refractivity contribution in [3.8, 4) is 5.75 Å². The largest absolute Gasteiger partial charge is 0.491 e. The van der Waals surface area contributed by atoms with E-state index in [-0.39, 0.29) is 0 Å². The molecule has 0 bridgehead atoms. The molecule has 0 amide bonds. The second-order valence-corrected chi connectivity index (χ2v) is 12.9. The van der Waals surface area contributed by atoms with E-state index in [2.05, 4.69) is 6.92 Å². The van der Waals surface area contributed by atoms with Gasteiger partial charge in [0.25, 0.3) is 0 Å². The van der Waals surface area contributed by atoms with Crippen molar-refractivity contribution in [2.45, 2.75) is 90.4 Å². The van der Waals surface area contributed by atoms with Gasteiger partial charge in [-0.2, -0.15) is 0 Å². The molecule has 1 rings (SSSR count). The quantitative estimate of drug-likeness (QED) is 0.0496. The first-order valence-electron chi connectivity index (χ1n) is 20.8. The smallest absolute Gasteiger partial charge is 0.150 e. The highest BCUT2D eigenvalue weighted by Gasteiger charge is 1.99. The van der Waals surface area contributed by atoms with Crippen LogP contribution in [0.4, 0.5) is 0 Å². The van der Waals surface area contributed by atoms with Gasteiger partial charge in [0.1, 0.15) is 18.6 Å². The molecule has 0 saturated carbocycles. The molecule has 0 N–H and O–H groups in total. The maximum atomic E-state index is 10.7. The Morgan fingerprint density at radius 3 is 0.889 bits per heavy atom. The van der Waals surface area contributed by atoms with E-state index in [0.717, 1.165) is 19.3 Å². The summed E-state index contributed by atoms with van der Waals surface area (Å²) in [7, 11) is 0. The van der Waals surface area contributed by atoms with Crippen molar-refractivity contribution in [2.75, 3.05) is 139 Å². The summed E-state index contributed by atoms with van der Waals surface area (Å²) in [4.78, 5) is 10.7. The molecule has 0 aliphatic carbocycles. The summed E-state index contributed by atoms with van der Waals surface area (Å²) < 4.78 is 60.8. The highest BCUT2D eigenvalue weighted by atomic mass is 16.6. The Kier molecular flexibility index (Phi) is 41.0. The molecule has 12 nitrogen and oxygen atoms in total. The van der Waals surface area contributed by atoms with Crippen molar-refractivity contribution < 1.29 is 56.9 Å². The Labute approximate surface area is 327 Å². The van der Waals surface area contributed by atoms with Crippen LogP contribution in [0.15, 0.2) is 24.3 Å². The maximum Gasteiger partial charge on any atom is 0.150 e. The van der Waals surface area contributed by atoms with E-state index in [4.69, 9.17) is 52.1 Å². The first-order valence-corrected chi connectivity index (χ1v) is 20.8. The number of hydrogen-bond acceptors (Lipinski definition) is 12. The van der Waals surface area contributed by atoms with E-state index in [1.165, 1.54) is 77.0 Å². The number of unbranched alkanes of at least 4 members (excludes halogenated alkanes) is 12. The Bertz CT molecular complexity index is 860. The van der Waals surface area contributed by atoms with Gasteiger partial charge in [0.15, 0.2) is 0 Å². The second-order valence-electron chi connectivity index (χ2n) is 12.9. The monoisotopic (exact) mass is 773 g/mol. The fourth-order valence-corrected chi connectivity index (χ4v) is 5.16. The molecule has 12 heteroatoms. The molecule has 0 atom stereocenters. The molecule has 0 aromatic heterocycles. The predicted molar refractivity (Wildman–Crippen MR) is 211 cm³/mol. The Morgan fingerprint density at radius 1 is 0.333 bits per heavy atom. The van der Waals surface area contributed by atoms with Crippen LogP contribution in [0, 0.1) is 0 Å². The summed E-state index contributed by atoms with van der Waals surface area (Å²) in [5.74, 6) is 0.707. The average Bonchev–Trinajstić information content (AvgIpc) is 3.19. The van der Waals surface area contributed by atoms with Crippen molar-refractivity contribution in [3.05, 3.63) is 29.8 Å². The molecule has 1 aromatic carbocycles. The van der Waals surface area contributed by atoms with Crippen molar-refractivity contribution in [1.29, 1.82) is 0 Å². The van der Waals surface area contributed by atoms with Crippen molar-refractivity contribution in [3.63, 3.8) is 0 Å². The number of hydrogen-bond donors (Lipinski definition) is 0. The van der Waals surface area contributed by atoms with Crippen LogP contribution in [0.3, 0.4) is 0 Å². The van der Waals surface area contributed by atoms with Crippen LogP contribution in [0.1, 0.15) is 101 Å².